The molecule has 1 saturated heterocycles. The zero-order valence-corrected chi connectivity index (χ0v) is 10.2. The molecule has 5 nitrogen and oxygen atoms in total. The fourth-order valence-corrected chi connectivity index (χ4v) is 3.28. The van der Waals surface area contributed by atoms with Gasteiger partial charge in [-0.3, -0.25) is 9.52 Å². The molecule has 0 spiro atoms. The third kappa shape index (κ3) is 2.74. The summed E-state index contributed by atoms with van der Waals surface area (Å²) in [4.78, 5) is 11.7. The van der Waals surface area contributed by atoms with Gasteiger partial charge in [-0.05, 0) is 25.2 Å². The summed E-state index contributed by atoms with van der Waals surface area (Å²) in [6.45, 7) is 0. The van der Waals surface area contributed by atoms with Crippen molar-refractivity contribution >= 4 is 15.9 Å². The number of hydrogen-bond acceptors (Lipinski definition) is 4. The molecule has 1 saturated carbocycles. The standard InChI is InChI=1S/C10H18N2O3S/c1-16(14,15)12-10(13)9-6-7-4-2-3-5-8(7)11-9/h7-9,11H,2-6H2,1H3,(H,12,13). The molecule has 2 rings (SSSR count). The Morgan fingerprint density at radius 1 is 1.31 bits per heavy atom. The van der Waals surface area contributed by atoms with E-state index in [9.17, 15) is 13.2 Å². The molecule has 0 aromatic rings. The molecule has 1 amide bonds. The molecule has 2 fully saturated rings. The summed E-state index contributed by atoms with van der Waals surface area (Å²) in [6, 6.07) is 0.0758. The van der Waals surface area contributed by atoms with Crippen molar-refractivity contribution in [1.82, 2.24) is 10.0 Å². The van der Waals surface area contributed by atoms with E-state index in [1.54, 1.807) is 0 Å². The normalized spacial score (nSPS) is 34.4. The van der Waals surface area contributed by atoms with Crippen LogP contribution in [-0.4, -0.2) is 32.7 Å². The SMILES string of the molecule is CS(=O)(=O)NC(=O)C1CC2CCCCC2N1. The Balaban J connectivity index is 1.95. The average Bonchev–Trinajstić information content (AvgIpc) is 2.58. The van der Waals surface area contributed by atoms with Gasteiger partial charge in [0.05, 0.1) is 12.3 Å². The van der Waals surface area contributed by atoms with E-state index in [4.69, 9.17) is 0 Å². The van der Waals surface area contributed by atoms with Crippen LogP contribution in [0.15, 0.2) is 0 Å². The molecule has 92 valence electrons. The third-order valence-electron chi connectivity index (χ3n) is 3.47. The minimum absolute atomic E-state index is 0.331. The van der Waals surface area contributed by atoms with E-state index < -0.39 is 15.9 Å². The highest BCUT2D eigenvalue weighted by molar-refractivity contribution is 7.89. The van der Waals surface area contributed by atoms with E-state index in [1.807, 2.05) is 4.72 Å². The molecule has 16 heavy (non-hydrogen) atoms. The molecule has 0 bridgehead atoms. The van der Waals surface area contributed by atoms with Gasteiger partial charge in [0.2, 0.25) is 10.0 Å². The van der Waals surface area contributed by atoms with E-state index in [2.05, 4.69) is 5.32 Å². The van der Waals surface area contributed by atoms with Crippen LogP contribution in [0.4, 0.5) is 0 Å². The summed E-state index contributed by atoms with van der Waals surface area (Å²) in [5.41, 5.74) is 0. The molecule has 0 radical (unpaired) electrons. The Labute approximate surface area is 96.0 Å². The molecule has 0 aromatic heterocycles. The maximum atomic E-state index is 11.7. The predicted octanol–water partition coefficient (Wildman–Crippen LogP) is -0.0171. The predicted molar refractivity (Wildman–Crippen MR) is 60.3 cm³/mol. The Bertz CT molecular complexity index is 366. The number of fused-ring (bicyclic) bond motifs is 1. The highest BCUT2D eigenvalue weighted by Crippen LogP contribution is 2.33. The monoisotopic (exact) mass is 246 g/mol. The molecule has 0 aromatic carbocycles. The van der Waals surface area contributed by atoms with Crippen LogP contribution in [-0.2, 0) is 14.8 Å². The van der Waals surface area contributed by atoms with Gasteiger partial charge < -0.3 is 5.32 Å². The highest BCUT2D eigenvalue weighted by Gasteiger charge is 2.38. The summed E-state index contributed by atoms with van der Waals surface area (Å²) in [5, 5.41) is 3.24. The Kier molecular flexibility index (Phi) is 3.21. The first-order chi connectivity index (χ1) is 7.46. The summed E-state index contributed by atoms with van der Waals surface area (Å²) in [6.07, 6.45) is 6.46. The van der Waals surface area contributed by atoms with Crippen molar-refractivity contribution in [2.75, 3.05) is 6.26 Å². The van der Waals surface area contributed by atoms with Crippen LogP contribution in [0.25, 0.3) is 0 Å². The molecule has 1 heterocycles. The first kappa shape index (κ1) is 11.9. The Hall–Kier alpha value is -0.620. The van der Waals surface area contributed by atoms with Crippen molar-refractivity contribution in [2.45, 2.75) is 44.2 Å². The van der Waals surface area contributed by atoms with E-state index in [0.29, 0.717) is 12.0 Å². The first-order valence-electron chi connectivity index (χ1n) is 5.73. The zero-order valence-electron chi connectivity index (χ0n) is 9.40. The maximum absolute atomic E-state index is 11.7. The van der Waals surface area contributed by atoms with Gasteiger partial charge in [-0.2, -0.15) is 0 Å². The summed E-state index contributed by atoms with van der Waals surface area (Å²) in [5.74, 6) is 0.140. The summed E-state index contributed by atoms with van der Waals surface area (Å²) >= 11 is 0. The molecule has 3 atom stereocenters. The minimum Gasteiger partial charge on any atom is -0.303 e. The lowest BCUT2D eigenvalue weighted by molar-refractivity contribution is -0.121. The van der Waals surface area contributed by atoms with Gasteiger partial charge >= 0.3 is 0 Å². The van der Waals surface area contributed by atoms with Crippen LogP contribution >= 0.6 is 0 Å². The summed E-state index contributed by atoms with van der Waals surface area (Å²) in [7, 11) is -3.43. The molecule has 1 aliphatic carbocycles. The first-order valence-corrected chi connectivity index (χ1v) is 7.62. The van der Waals surface area contributed by atoms with Crippen molar-refractivity contribution in [3.05, 3.63) is 0 Å². The lowest BCUT2D eigenvalue weighted by Crippen LogP contribution is -2.44. The molecule has 6 heteroatoms. The number of hydrogen-bond donors (Lipinski definition) is 2. The van der Waals surface area contributed by atoms with Crippen LogP contribution in [0.2, 0.25) is 0 Å². The van der Waals surface area contributed by atoms with Crippen molar-refractivity contribution in [1.29, 1.82) is 0 Å². The molecule has 2 N–H and O–H groups in total. The molecule has 2 aliphatic rings. The van der Waals surface area contributed by atoms with Gasteiger partial charge in [0.1, 0.15) is 0 Å². The fourth-order valence-electron chi connectivity index (χ4n) is 2.77. The van der Waals surface area contributed by atoms with Gasteiger partial charge in [0.25, 0.3) is 5.91 Å². The second-order valence-electron chi connectivity index (χ2n) is 4.84. The van der Waals surface area contributed by atoms with Gasteiger partial charge in [-0.25, -0.2) is 8.42 Å². The number of amides is 1. The van der Waals surface area contributed by atoms with Gasteiger partial charge in [-0.1, -0.05) is 12.8 Å². The van der Waals surface area contributed by atoms with Crippen molar-refractivity contribution in [2.24, 2.45) is 5.92 Å². The van der Waals surface area contributed by atoms with E-state index in [0.717, 1.165) is 25.5 Å². The average molecular weight is 246 g/mol. The third-order valence-corrected chi connectivity index (χ3v) is 4.04. The van der Waals surface area contributed by atoms with Crippen LogP contribution in [0, 0.1) is 5.92 Å². The smallest absolute Gasteiger partial charge is 0.250 e. The van der Waals surface area contributed by atoms with E-state index in [1.165, 1.54) is 12.8 Å². The minimum atomic E-state index is -3.43. The van der Waals surface area contributed by atoms with Crippen molar-refractivity contribution in [3.8, 4) is 0 Å². The Morgan fingerprint density at radius 3 is 2.62 bits per heavy atom. The summed E-state index contributed by atoms with van der Waals surface area (Å²) < 4.78 is 23.9. The lowest BCUT2D eigenvalue weighted by Gasteiger charge is -2.24. The second-order valence-corrected chi connectivity index (χ2v) is 6.59. The van der Waals surface area contributed by atoms with Crippen LogP contribution < -0.4 is 10.0 Å². The van der Waals surface area contributed by atoms with Crippen LogP contribution in [0.1, 0.15) is 32.1 Å². The van der Waals surface area contributed by atoms with Crippen LogP contribution in [0.5, 0.6) is 0 Å². The van der Waals surface area contributed by atoms with Crippen molar-refractivity contribution in [3.63, 3.8) is 0 Å². The fraction of sp³-hybridized carbons (Fsp3) is 0.900. The highest BCUT2D eigenvalue weighted by atomic mass is 32.2. The number of rotatable bonds is 2. The quantitative estimate of drug-likeness (QED) is 0.718. The maximum Gasteiger partial charge on any atom is 0.250 e. The van der Waals surface area contributed by atoms with Crippen molar-refractivity contribution < 1.29 is 13.2 Å². The Morgan fingerprint density at radius 2 is 2.00 bits per heavy atom. The van der Waals surface area contributed by atoms with Gasteiger partial charge in [-0.15, -0.1) is 0 Å². The topological polar surface area (TPSA) is 75.3 Å². The van der Waals surface area contributed by atoms with E-state index >= 15 is 0 Å². The number of nitrogens with one attached hydrogen (secondary N) is 2. The van der Waals surface area contributed by atoms with Gasteiger partial charge in [0, 0.05) is 6.04 Å². The number of carbonyl (C=O) groups is 1. The number of sulfonamides is 1. The molecular weight excluding hydrogens is 228 g/mol. The number of carbonyl (C=O) groups excluding carboxylic acids is 1. The van der Waals surface area contributed by atoms with Crippen LogP contribution in [0.3, 0.4) is 0 Å². The molecule has 3 unspecified atom stereocenters. The lowest BCUT2D eigenvalue weighted by atomic mass is 9.85. The van der Waals surface area contributed by atoms with Gasteiger partial charge in [0.15, 0.2) is 0 Å². The zero-order chi connectivity index (χ0) is 11.8. The second kappa shape index (κ2) is 4.33. The molecule has 1 aliphatic heterocycles. The largest absolute Gasteiger partial charge is 0.303 e. The molecular formula is C10H18N2O3S. The van der Waals surface area contributed by atoms with E-state index in [-0.39, 0.29) is 6.04 Å².